The third-order valence-corrected chi connectivity index (χ3v) is 3.52. The molecule has 2 N–H and O–H groups in total. The molecule has 0 spiro atoms. The van der Waals surface area contributed by atoms with Crippen LogP contribution in [0.3, 0.4) is 0 Å². The number of aromatic nitrogens is 1. The molecule has 0 aliphatic rings. The number of amides is 1. The molecule has 1 aromatic carbocycles. The predicted molar refractivity (Wildman–Crippen MR) is 71.3 cm³/mol. The molecule has 21 heavy (non-hydrogen) atoms. The van der Waals surface area contributed by atoms with Gasteiger partial charge in [-0.2, -0.15) is 0 Å². The van der Waals surface area contributed by atoms with Gasteiger partial charge < -0.3 is 10.4 Å². The van der Waals surface area contributed by atoms with Crippen molar-refractivity contribution in [2.45, 2.75) is 13.5 Å². The van der Waals surface area contributed by atoms with Crippen LogP contribution in [0, 0.1) is 18.6 Å². The van der Waals surface area contributed by atoms with Gasteiger partial charge in [-0.05, 0) is 19.1 Å². The van der Waals surface area contributed by atoms with E-state index < -0.39 is 34.6 Å². The second kappa shape index (κ2) is 5.96. The van der Waals surface area contributed by atoms with Gasteiger partial charge in [-0.1, -0.05) is 0 Å². The molecule has 0 atom stereocenters. The number of aryl methyl sites for hydroxylation is 1. The Morgan fingerprint density at radius 3 is 2.43 bits per heavy atom. The van der Waals surface area contributed by atoms with E-state index in [0.717, 1.165) is 4.88 Å². The summed E-state index contributed by atoms with van der Waals surface area (Å²) in [5, 5.41) is 12.0. The van der Waals surface area contributed by atoms with E-state index in [4.69, 9.17) is 5.11 Å². The molecule has 0 unspecified atom stereocenters. The predicted octanol–water partition coefficient (Wildman–Crippen LogP) is 2.36. The first-order valence-electron chi connectivity index (χ1n) is 5.80. The molecule has 0 bridgehead atoms. The van der Waals surface area contributed by atoms with Gasteiger partial charge >= 0.3 is 5.97 Å². The average molecular weight is 312 g/mol. The molecule has 8 heteroatoms. The first-order chi connectivity index (χ1) is 9.88. The normalized spacial score (nSPS) is 10.4. The van der Waals surface area contributed by atoms with Gasteiger partial charge in [0.25, 0.3) is 5.91 Å². The smallest absolute Gasteiger partial charge is 0.336 e. The number of carboxylic acids is 1. The number of rotatable bonds is 4. The van der Waals surface area contributed by atoms with Gasteiger partial charge in [0.15, 0.2) is 11.6 Å². The van der Waals surface area contributed by atoms with Crippen molar-refractivity contribution >= 4 is 23.2 Å². The number of thiazole rings is 1. The summed E-state index contributed by atoms with van der Waals surface area (Å²) in [4.78, 5) is 27.9. The van der Waals surface area contributed by atoms with E-state index >= 15 is 0 Å². The molecule has 0 fully saturated rings. The Balaban J connectivity index is 2.22. The second-order valence-electron chi connectivity index (χ2n) is 4.16. The third-order valence-electron chi connectivity index (χ3n) is 2.60. The number of hydrogen-bond acceptors (Lipinski definition) is 4. The standard InChI is InChI=1S/C13H10F2N2O3S/c1-6-4-16-11(21-6)5-17-12(18)7-2-9(14)10(15)3-8(7)13(19)20/h2-4H,5H2,1H3,(H,17,18)(H,19,20). The molecule has 0 aliphatic carbocycles. The maximum absolute atomic E-state index is 13.2. The van der Waals surface area contributed by atoms with E-state index in [0.29, 0.717) is 17.1 Å². The van der Waals surface area contributed by atoms with Crippen molar-refractivity contribution in [2.75, 3.05) is 0 Å². The summed E-state index contributed by atoms with van der Waals surface area (Å²) in [5.41, 5.74) is -1.03. The maximum Gasteiger partial charge on any atom is 0.336 e. The van der Waals surface area contributed by atoms with Crippen molar-refractivity contribution in [3.05, 3.63) is 51.0 Å². The number of aromatic carboxylic acids is 1. The molecule has 0 saturated heterocycles. The van der Waals surface area contributed by atoms with E-state index in [-0.39, 0.29) is 6.54 Å². The summed E-state index contributed by atoms with van der Waals surface area (Å²) < 4.78 is 26.2. The summed E-state index contributed by atoms with van der Waals surface area (Å²) in [7, 11) is 0. The Morgan fingerprint density at radius 2 is 1.90 bits per heavy atom. The van der Waals surface area contributed by atoms with E-state index in [9.17, 15) is 18.4 Å². The molecule has 2 aromatic rings. The minimum absolute atomic E-state index is 0.0788. The summed E-state index contributed by atoms with van der Waals surface area (Å²) in [6, 6.07) is 1.06. The number of nitrogens with zero attached hydrogens (tertiary/aromatic N) is 1. The van der Waals surface area contributed by atoms with E-state index in [1.54, 1.807) is 6.20 Å². The lowest BCUT2D eigenvalue weighted by Crippen LogP contribution is -2.25. The first kappa shape index (κ1) is 15.0. The van der Waals surface area contributed by atoms with Crippen LogP contribution >= 0.6 is 11.3 Å². The molecule has 1 heterocycles. The molecule has 0 radical (unpaired) electrons. The quantitative estimate of drug-likeness (QED) is 0.908. The van der Waals surface area contributed by atoms with Gasteiger partial charge in [0, 0.05) is 11.1 Å². The van der Waals surface area contributed by atoms with Crippen LogP contribution in [0.4, 0.5) is 8.78 Å². The molecule has 0 aliphatic heterocycles. The van der Waals surface area contributed by atoms with Crippen molar-refractivity contribution in [1.29, 1.82) is 0 Å². The van der Waals surface area contributed by atoms with Crippen molar-refractivity contribution in [2.24, 2.45) is 0 Å². The van der Waals surface area contributed by atoms with Crippen molar-refractivity contribution in [3.63, 3.8) is 0 Å². The zero-order valence-electron chi connectivity index (χ0n) is 10.8. The average Bonchev–Trinajstić information content (AvgIpc) is 2.84. The lowest BCUT2D eigenvalue weighted by Gasteiger charge is -2.07. The number of carbonyl (C=O) groups is 2. The lowest BCUT2D eigenvalue weighted by atomic mass is 10.1. The van der Waals surface area contributed by atoms with Gasteiger partial charge in [0.05, 0.1) is 17.7 Å². The first-order valence-corrected chi connectivity index (χ1v) is 6.62. The van der Waals surface area contributed by atoms with Crippen LogP contribution in [0.2, 0.25) is 0 Å². The van der Waals surface area contributed by atoms with Crippen molar-refractivity contribution in [1.82, 2.24) is 10.3 Å². The lowest BCUT2D eigenvalue weighted by molar-refractivity contribution is 0.0690. The monoisotopic (exact) mass is 312 g/mol. The van der Waals surface area contributed by atoms with E-state index in [1.165, 1.54) is 11.3 Å². The van der Waals surface area contributed by atoms with Gasteiger partial charge in [-0.15, -0.1) is 11.3 Å². The zero-order chi connectivity index (χ0) is 15.6. The Morgan fingerprint density at radius 1 is 1.29 bits per heavy atom. The van der Waals surface area contributed by atoms with Gasteiger partial charge in [0.1, 0.15) is 5.01 Å². The number of carboxylic acid groups (broad SMARTS) is 1. The Labute approximate surface area is 122 Å². The summed E-state index contributed by atoms with van der Waals surface area (Å²) >= 11 is 1.36. The number of carbonyl (C=O) groups excluding carboxylic acids is 1. The van der Waals surface area contributed by atoms with Gasteiger partial charge in [-0.3, -0.25) is 4.79 Å². The maximum atomic E-state index is 13.2. The molecule has 5 nitrogen and oxygen atoms in total. The minimum atomic E-state index is -1.51. The van der Waals surface area contributed by atoms with Gasteiger partial charge in [-0.25, -0.2) is 18.6 Å². The van der Waals surface area contributed by atoms with Gasteiger partial charge in [0.2, 0.25) is 0 Å². The number of benzene rings is 1. The highest BCUT2D eigenvalue weighted by Gasteiger charge is 2.20. The molecule has 2 rings (SSSR count). The van der Waals surface area contributed by atoms with E-state index in [1.807, 2.05) is 6.92 Å². The molecule has 0 saturated carbocycles. The highest BCUT2D eigenvalue weighted by molar-refractivity contribution is 7.11. The van der Waals surface area contributed by atoms with Crippen LogP contribution in [0.1, 0.15) is 30.6 Å². The Hall–Kier alpha value is -2.35. The molecule has 110 valence electrons. The SMILES string of the molecule is Cc1cnc(CNC(=O)c2cc(F)c(F)cc2C(=O)O)s1. The highest BCUT2D eigenvalue weighted by Crippen LogP contribution is 2.16. The number of nitrogens with one attached hydrogen (secondary N) is 1. The largest absolute Gasteiger partial charge is 0.478 e. The topological polar surface area (TPSA) is 79.3 Å². The van der Waals surface area contributed by atoms with E-state index in [2.05, 4.69) is 10.3 Å². The van der Waals surface area contributed by atoms with Crippen LogP contribution in [0.15, 0.2) is 18.3 Å². The second-order valence-corrected chi connectivity index (χ2v) is 5.48. The fourth-order valence-corrected chi connectivity index (χ4v) is 2.37. The van der Waals surface area contributed by atoms with Crippen molar-refractivity contribution in [3.8, 4) is 0 Å². The molecular weight excluding hydrogens is 302 g/mol. The molecule has 1 amide bonds. The fraction of sp³-hybridized carbons (Fsp3) is 0.154. The Kier molecular flexibility index (Phi) is 4.27. The third kappa shape index (κ3) is 3.40. The fourth-order valence-electron chi connectivity index (χ4n) is 1.65. The van der Waals surface area contributed by atoms with Crippen LogP contribution in [0.25, 0.3) is 0 Å². The summed E-state index contributed by atoms with van der Waals surface area (Å²) in [6.45, 7) is 1.93. The highest BCUT2D eigenvalue weighted by atomic mass is 32.1. The van der Waals surface area contributed by atoms with Crippen molar-refractivity contribution < 1.29 is 23.5 Å². The Bertz CT molecular complexity index is 715. The molecule has 1 aromatic heterocycles. The molecular formula is C13H10F2N2O3S. The van der Waals surface area contributed by atoms with Crippen LogP contribution < -0.4 is 5.32 Å². The van der Waals surface area contributed by atoms with Crippen LogP contribution in [-0.2, 0) is 6.54 Å². The minimum Gasteiger partial charge on any atom is -0.478 e. The van der Waals surface area contributed by atoms with Crippen LogP contribution in [-0.4, -0.2) is 22.0 Å². The number of hydrogen-bond donors (Lipinski definition) is 2. The zero-order valence-corrected chi connectivity index (χ0v) is 11.6. The summed E-state index contributed by atoms with van der Waals surface area (Å²) in [6.07, 6.45) is 1.63. The van der Waals surface area contributed by atoms with Crippen LogP contribution in [0.5, 0.6) is 0 Å². The number of halogens is 2. The summed E-state index contributed by atoms with van der Waals surface area (Å²) in [5.74, 6) is -4.92.